The Kier molecular flexibility index (Phi) is 4.37. The van der Waals surface area contributed by atoms with Crippen molar-refractivity contribution in [1.29, 1.82) is 0 Å². The number of pyridine rings is 1. The van der Waals surface area contributed by atoms with Gasteiger partial charge in [-0.25, -0.2) is 4.79 Å². The van der Waals surface area contributed by atoms with Gasteiger partial charge in [0.15, 0.2) is 0 Å². The van der Waals surface area contributed by atoms with Crippen LogP contribution in [0.4, 0.5) is 0 Å². The molecule has 0 aromatic carbocycles. The molecule has 1 unspecified atom stereocenters. The third-order valence-corrected chi connectivity index (χ3v) is 1.50. The van der Waals surface area contributed by atoms with Gasteiger partial charge in [-0.15, -0.1) is 12.4 Å². The predicted octanol–water partition coefficient (Wildman–Crippen LogP) is 1.22. The number of carboxylic acid groups (broad SMARTS) is 1. The van der Waals surface area contributed by atoms with E-state index in [1.165, 1.54) is 12.3 Å². The van der Waals surface area contributed by atoms with Crippen LogP contribution in [0, 0.1) is 0 Å². The first-order valence-electron chi connectivity index (χ1n) is 3.56. The van der Waals surface area contributed by atoms with E-state index in [2.05, 4.69) is 4.98 Å². The first kappa shape index (κ1) is 11.9. The number of halogens is 1. The maximum atomic E-state index is 10.4. The molecule has 1 aromatic rings. The van der Waals surface area contributed by atoms with Crippen molar-refractivity contribution in [2.45, 2.75) is 13.0 Å². The summed E-state index contributed by atoms with van der Waals surface area (Å²) in [6.45, 7) is 1.79. The van der Waals surface area contributed by atoms with Crippen LogP contribution in [0.25, 0.3) is 0 Å². The van der Waals surface area contributed by atoms with Crippen LogP contribution in [0.1, 0.15) is 29.0 Å². The van der Waals surface area contributed by atoms with Gasteiger partial charge in [-0.05, 0) is 19.1 Å². The number of nitrogens with zero attached hydrogens (tertiary/aromatic N) is 1. The highest BCUT2D eigenvalue weighted by atomic mass is 35.5. The average molecular weight is 203 g/mol. The molecule has 0 bridgehead atoms. The second kappa shape index (κ2) is 4.79. The number of hydrogen-bond donors (Lipinski definition) is 2. The van der Waals surface area contributed by atoms with Gasteiger partial charge in [0.1, 0.15) is 0 Å². The summed E-state index contributed by atoms with van der Waals surface area (Å²) in [5.74, 6) is -0.973. The van der Waals surface area contributed by atoms with Crippen LogP contribution < -0.4 is 5.73 Å². The summed E-state index contributed by atoms with van der Waals surface area (Å²) in [5, 5.41) is 8.54. The van der Waals surface area contributed by atoms with Gasteiger partial charge in [-0.3, -0.25) is 4.98 Å². The minimum atomic E-state index is -0.973. The van der Waals surface area contributed by atoms with Crippen molar-refractivity contribution in [3.05, 3.63) is 29.6 Å². The summed E-state index contributed by atoms with van der Waals surface area (Å²) in [7, 11) is 0. The third-order valence-electron chi connectivity index (χ3n) is 1.50. The first-order valence-corrected chi connectivity index (χ1v) is 3.56. The second-order valence-corrected chi connectivity index (χ2v) is 2.57. The molecular formula is C8H11ClN2O2. The summed E-state index contributed by atoms with van der Waals surface area (Å²) < 4.78 is 0. The minimum absolute atomic E-state index is 0. The molecule has 4 nitrogen and oxygen atoms in total. The molecule has 72 valence electrons. The molecule has 1 aromatic heterocycles. The van der Waals surface area contributed by atoms with E-state index in [9.17, 15) is 4.79 Å². The molecule has 0 fully saturated rings. The molecule has 0 aliphatic rings. The number of rotatable bonds is 2. The van der Waals surface area contributed by atoms with Crippen molar-refractivity contribution in [3.63, 3.8) is 0 Å². The summed E-state index contributed by atoms with van der Waals surface area (Å²) in [5.41, 5.74) is 6.40. The van der Waals surface area contributed by atoms with Crippen molar-refractivity contribution in [2.24, 2.45) is 5.73 Å². The van der Waals surface area contributed by atoms with Crippen LogP contribution in [0.5, 0.6) is 0 Å². The minimum Gasteiger partial charge on any atom is -0.478 e. The summed E-state index contributed by atoms with van der Waals surface area (Å²) >= 11 is 0. The van der Waals surface area contributed by atoms with E-state index in [4.69, 9.17) is 10.8 Å². The molecule has 1 rings (SSSR count). The largest absolute Gasteiger partial charge is 0.478 e. The Morgan fingerprint density at radius 2 is 2.23 bits per heavy atom. The fourth-order valence-corrected chi connectivity index (χ4v) is 0.801. The lowest BCUT2D eigenvalue weighted by Crippen LogP contribution is -2.08. The topological polar surface area (TPSA) is 76.2 Å². The van der Waals surface area contributed by atoms with Gasteiger partial charge < -0.3 is 10.8 Å². The molecule has 1 heterocycles. The number of aromatic nitrogens is 1. The van der Waals surface area contributed by atoms with Gasteiger partial charge in [0.25, 0.3) is 0 Å². The van der Waals surface area contributed by atoms with E-state index in [0.717, 1.165) is 0 Å². The van der Waals surface area contributed by atoms with E-state index >= 15 is 0 Å². The van der Waals surface area contributed by atoms with E-state index in [1.54, 1.807) is 13.0 Å². The van der Waals surface area contributed by atoms with Gasteiger partial charge >= 0.3 is 5.97 Å². The number of hydrogen-bond acceptors (Lipinski definition) is 3. The highest BCUT2D eigenvalue weighted by molar-refractivity contribution is 5.87. The normalized spacial score (nSPS) is 11.5. The predicted molar refractivity (Wildman–Crippen MR) is 51.0 cm³/mol. The van der Waals surface area contributed by atoms with Crippen LogP contribution in [0.2, 0.25) is 0 Å². The smallest absolute Gasteiger partial charge is 0.337 e. The van der Waals surface area contributed by atoms with Crippen molar-refractivity contribution < 1.29 is 9.90 Å². The van der Waals surface area contributed by atoms with Crippen LogP contribution in [-0.2, 0) is 0 Å². The summed E-state index contributed by atoms with van der Waals surface area (Å²) in [6.07, 6.45) is 1.31. The van der Waals surface area contributed by atoms with Crippen LogP contribution >= 0.6 is 12.4 Å². The highest BCUT2D eigenvalue weighted by Crippen LogP contribution is 2.06. The van der Waals surface area contributed by atoms with E-state index in [0.29, 0.717) is 5.69 Å². The van der Waals surface area contributed by atoms with Gasteiger partial charge in [-0.2, -0.15) is 0 Å². The zero-order valence-electron chi connectivity index (χ0n) is 7.10. The Labute approximate surface area is 82.2 Å². The van der Waals surface area contributed by atoms with Crippen LogP contribution in [0.3, 0.4) is 0 Å². The van der Waals surface area contributed by atoms with Gasteiger partial charge in [0, 0.05) is 12.2 Å². The summed E-state index contributed by atoms with van der Waals surface area (Å²) in [4.78, 5) is 14.3. The quantitative estimate of drug-likeness (QED) is 0.756. The van der Waals surface area contributed by atoms with Gasteiger partial charge in [0.2, 0.25) is 0 Å². The highest BCUT2D eigenvalue weighted by Gasteiger charge is 2.04. The second-order valence-electron chi connectivity index (χ2n) is 2.57. The number of carboxylic acids is 1. The molecule has 0 spiro atoms. The molecule has 0 saturated carbocycles. The Morgan fingerprint density at radius 1 is 1.62 bits per heavy atom. The standard InChI is InChI=1S/C8H10N2O2.ClH/c1-5(9)7-3-2-6(4-10-7)8(11)12;/h2-5H,9H2,1H3,(H,11,12);1H. The number of carbonyl (C=O) groups is 1. The van der Waals surface area contributed by atoms with E-state index in [1.807, 2.05) is 0 Å². The van der Waals surface area contributed by atoms with Gasteiger partial charge in [0.05, 0.1) is 11.3 Å². The average Bonchev–Trinajstić information content (AvgIpc) is 2.04. The van der Waals surface area contributed by atoms with Crippen LogP contribution in [0.15, 0.2) is 18.3 Å². The SMILES string of the molecule is CC(N)c1ccc(C(=O)O)cn1.Cl. The molecule has 1 atom stereocenters. The fraction of sp³-hybridized carbons (Fsp3) is 0.250. The Balaban J connectivity index is 0.00000144. The Morgan fingerprint density at radius 3 is 2.54 bits per heavy atom. The first-order chi connectivity index (χ1) is 5.61. The van der Waals surface area contributed by atoms with Crippen molar-refractivity contribution in [1.82, 2.24) is 4.98 Å². The van der Waals surface area contributed by atoms with Crippen molar-refractivity contribution >= 4 is 18.4 Å². The number of nitrogens with two attached hydrogens (primary N) is 1. The Hall–Kier alpha value is -1.13. The molecule has 0 radical (unpaired) electrons. The fourth-order valence-electron chi connectivity index (χ4n) is 0.801. The lowest BCUT2D eigenvalue weighted by Gasteiger charge is -2.03. The molecule has 0 amide bonds. The molecule has 0 saturated heterocycles. The zero-order chi connectivity index (χ0) is 9.14. The molecule has 3 N–H and O–H groups in total. The molecular weight excluding hydrogens is 192 g/mol. The molecule has 0 aliphatic carbocycles. The van der Waals surface area contributed by atoms with Crippen LogP contribution in [-0.4, -0.2) is 16.1 Å². The summed E-state index contributed by atoms with van der Waals surface area (Å²) in [6, 6.07) is 2.95. The Bertz CT molecular complexity index is 285. The van der Waals surface area contributed by atoms with Crippen molar-refractivity contribution in [3.8, 4) is 0 Å². The third kappa shape index (κ3) is 3.01. The zero-order valence-corrected chi connectivity index (χ0v) is 7.91. The maximum Gasteiger partial charge on any atom is 0.337 e. The lowest BCUT2D eigenvalue weighted by atomic mass is 10.2. The number of aromatic carboxylic acids is 1. The maximum absolute atomic E-state index is 10.4. The van der Waals surface area contributed by atoms with Crippen molar-refractivity contribution in [2.75, 3.05) is 0 Å². The molecule has 13 heavy (non-hydrogen) atoms. The molecule has 0 aliphatic heterocycles. The lowest BCUT2D eigenvalue weighted by molar-refractivity contribution is 0.0696. The van der Waals surface area contributed by atoms with E-state index in [-0.39, 0.29) is 24.0 Å². The van der Waals surface area contributed by atoms with E-state index < -0.39 is 5.97 Å². The van der Waals surface area contributed by atoms with Gasteiger partial charge in [-0.1, -0.05) is 0 Å². The molecule has 5 heteroatoms. The monoisotopic (exact) mass is 202 g/mol.